The largest absolute Gasteiger partial charge is 1.00 e. The van der Waals surface area contributed by atoms with Crippen molar-refractivity contribution in [3.63, 3.8) is 0 Å². The van der Waals surface area contributed by atoms with Crippen LogP contribution in [0, 0.1) is 19.1 Å². The van der Waals surface area contributed by atoms with Gasteiger partial charge in [0, 0.05) is 0 Å². The van der Waals surface area contributed by atoms with E-state index in [0.29, 0.717) is 0 Å². The molecule has 0 aromatic heterocycles. The summed E-state index contributed by atoms with van der Waals surface area (Å²) >= 11 is 0. The van der Waals surface area contributed by atoms with Gasteiger partial charge in [0.1, 0.15) is 0 Å². The van der Waals surface area contributed by atoms with Gasteiger partial charge in [-0.1, -0.05) is 0 Å². The molecule has 0 aliphatic rings. The fourth-order valence-corrected chi connectivity index (χ4v) is 0.676. The molecule has 0 aliphatic heterocycles. The minimum absolute atomic E-state index is 0. The van der Waals surface area contributed by atoms with Gasteiger partial charge >= 0.3 is 51.4 Å². The monoisotopic (exact) mass is 226 g/mol. The van der Waals surface area contributed by atoms with E-state index in [4.69, 9.17) is 9.90 Å². The van der Waals surface area contributed by atoms with E-state index >= 15 is 0 Å². The zero-order chi connectivity index (χ0) is 11.0. The molecule has 0 fully saturated rings. The van der Waals surface area contributed by atoms with Crippen LogP contribution in [0.4, 0.5) is 0 Å². The Morgan fingerprint density at radius 2 is 2.07 bits per heavy atom. The van der Waals surface area contributed by atoms with Crippen LogP contribution in [0.15, 0.2) is 37.4 Å². The first kappa shape index (κ1) is 17.1. The van der Waals surface area contributed by atoms with Gasteiger partial charge in [-0.05, 0) is 0 Å². The fraction of sp³-hybridized carbons (Fsp3) is 0. The SMILES string of the molecule is C=[C-]C(=C)c1[c-]cccc1.[CH2-]C(=O)O.[K+]. The van der Waals surface area contributed by atoms with E-state index in [1.807, 2.05) is 24.3 Å². The molecule has 74 valence electrons. The maximum Gasteiger partial charge on any atom is 1.00 e. The van der Waals surface area contributed by atoms with E-state index in [0.717, 1.165) is 11.1 Å². The molecule has 1 N–H and O–H groups in total. The average Bonchev–Trinajstić information content (AvgIpc) is 2.17. The van der Waals surface area contributed by atoms with Crippen molar-refractivity contribution in [3.8, 4) is 0 Å². The average molecular weight is 226 g/mol. The Balaban J connectivity index is 0. The molecule has 0 atom stereocenters. The van der Waals surface area contributed by atoms with Crippen molar-refractivity contribution in [2.75, 3.05) is 0 Å². The molecule has 0 unspecified atom stereocenters. The van der Waals surface area contributed by atoms with Crippen LogP contribution >= 0.6 is 0 Å². The van der Waals surface area contributed by atoms with Crippen molar-refractivity contribution in [2.24, 2.45) is 0 Å². The molecule has 0 radical (unpaired) electrons. The van der Waals surface area contributed by atoms with Crippen molar-refractivity contribution in [1.29, 1.82) is 0 Å². The van der Waals surface area contributed by atoms with Gasteiger partial charge in [0.25, 0.3) is 0 Å². The summed E-state index contributed by atoms with van der Waals surface area (Å²) in [6, 6.07) is 10.6. The van der Waals surface area contributed by atoms with E-state index in [9.17, 15) is 0 Å². The number of hydrogen-bond acceptors (Lipinski definition) is 1. The van der Waals surface area contributed by atoms with Gasteiger partial charge in [-0.25, -0.2) is 24.8 Å². The van der Waals surface area contributed by atoms with Gasteiger partial charge in [0.05, 0.1) is 0 Å². The standard InChI is InChI=1S/C10H8.C2H3O2.K/c1-3-9(2)10-7-5-4-6-8-10;1-2(3)4;/h4-7H,1-2H2;1H2,(H,3,4);/q-2;-1;+1. The number of rotatable bonds is 2. The van der Waals surface area contributed by atoms with Gasteiger partial charge in [0.15, 0.2) is 5.97 Å². The normalized spacial score (nSPS) is 7.47. The van der Waals surface area contributed by atoms with Crippen molar-refractivity contribution in [3.05, 3.63) is 62.1 Å². The summed E-state index contributed by atoms with van der Waals surface area (Å²) in [4.78, 5) is 8.89. The molecular formula is C12H11KO2-2. The predicted octanol–water partition coefficient (Wildman–Crippen LogP) is -0.602. The van der Waals surface area contributed by atoms with Crippen molar-refractivity contribution in [2.45, 2.75) is 0 Å². The molecule has 0 spiro atoms. The smallest absolute Gasteiger partial charge is 0.503 e. The second-order valence-electron chi connectivity index (χ2n) is 2.33. The fourth-order valence-electron chi connectivity index (χ4n) is 0.676. The van der Waals surface area contributed by atoms with Crippen molar-refractivity contribution < 1.29 is 61.3 Å². The maximum atomic E-state index is 8.89. The van der Waals surface area contributed by atoms with Crippen LogP contribution in [-0.4, -0.2) is 11.1 Å². The summed E-state index contributed by atoms with van der Waals surface area (Å²) in [5.41, 5.74) is 1.75. The van der Waals surface area contributed by atoms with E-state index < -0.39 is 5.97 Å². The van der Waals surface area contributed by atoms with Gasteiger partial charge < -0.3 is 5.11 Å². The number of carbonyl (C=O) groups is 1. The Bertz CT molecular complexity index is 314. The molecule has 1 aromatic rings. The van der Waals surface area contributed by atoms with Crippen molar-refractivity contribution >= 4 is 11.5 Å². The molecule has 0 amide bonds. The van der Waals surface area contributed by atoms with E-state index in [2.05, 4.69) is 32.2 Å². The number of carboxylic acid groups (broad SMARTS) is 1. The zero-order valence-corrected chi connectivity index (χ0v) is 11.9. The van der Waals surface area contributed by atoms with E-state index in [1.54, 1.807) is 0 Å². The molecule has 0 bridgehead atoms. The van der Waals surface area contributed by atoms with Crippen LogP contribution in [0.3, 0.4) is 0 Å². The first-order valence-corrected chi connectivity index (χ1v) is 3.82. The number of allylic oxidation sites excluding steroid dienone is 2. The summed E-state index contributed by atoms with van der Waals surface area (Å²) in [7, 11) is 0. The maximum absolute atomic E-state index is 8.89. The first-order valence-electron chi connectivity index (χ1n) is 3.82. The Morgan fingerprint density at radius 3 is 2.40 bits per heavy atom. The Hall–Kier alpha value is -0.324. The summed E-state index contributed by atoms with van der Waals surface area (Å²) in [5.74, 6) is -1.08. The quantitative estimate of drug-likeness (QED) is 0.415. The Morgan fingerprint density at radius 1 is 1.53 bits per heavy atom. The third kappa shape index (κ3) is 9.97. The molecule has 0 aliphatic carbocycles. The molecule has 15 heavy (non-hydrogen) atoms. The number of benzene rings is 1. The molecule has 1 rings (SSSR count). The van der Waals surface area contributed by atoms with Crippen LogP contribution in [-0.2, 0) is 4.79 Å². The van der Waals surface area contributed by atoms with Gasteiger partial charge in [-0.3, -0.25) is 22.9 Å². The second-order valence-corrected chi connectivity index (χ2v) is 2.33. The number of hydrogen-bond donors (Lipinski definition) is 1. The number of aliphatic carboxylic acids is 1. The van der Waals surface area contributed by atoms with E-state index in [1.165, 1.54) is 0 Å². The molecule has 3 heteroatoms. The summed E-state index contributed by atoms with van der Waals surface area (Å²) in [6.45, 7) is 9.79. The molecule has 1 aromatic carbocycles. The Kier molecular flexibility index (Phi) is 11.6. The molecule has 0 saturated heterocycles. The minimum atomic E-state index is -1.08. The van der Waals surface area contributed by atoms with Gasteiger partial charge in [-0.15, -0.1) is 6.07 Å². The van der Waals surface area contributed by atoms with Crippen molar-refractivity contribution in [1.82, 2.24) is 0 Å². The zero-order valence-electron chi connectivity index (χ0n) is 8.79. The van der Waals surface area contributed by atoms with Crippen LogP contribution < -0.4 is 51.4 Å². The van der Waals surface area contributed by atoms with Crippen LogP contribution in [0.25, 0.3) is 5.57 Å². The topological polar surface area (TPSA) is 37.3 Å². The Labute approximate surface area is 133 Å². The summed E-state index contributed by atoms with van der Waals surface area (Å²) in [6.07, 6.45) is 2.71. The van der Waals surface area contributed by atoms with E-state index in [-0.39, 0.29) is 51.4 Å². The van der Waals surface area contributed by atoms with Crippen LogP contribution in [0.2, 0.25) is 0 Å². The molecular weight excluding hydrogens is 215 g/mol. The van der Waals surface area contributed by atoms with Gasteiger partial charge in [0.2, 0.25) is 0 Å². The summed E-state index contributed by atoms with van der Waals surface area (Å²) in [5, 5.41) is 7.31. The predicted molar refractivity (Wildman–Crippen MR) is 56.2 cm³/mol. The molecule has 0 saturated carbocycles. The molecule has 0 heterocycles. The third-order valence-electron chi connectivity index (χ3n) is 1.25. The minimum Gasteiger partial charge on any atom is -0.503 e. The third-order valence-corrected chi connectivity index (χ3v) is 1.25. The molecule has 2 nitrogen and oxygen atoms in total. The number of carboxylic acids is 1. The van der Waals surface area contributed by atoms with Crippen LogP contribution in [0.5, 0.6) is 0 Å². The van der Waals surface area contributed by atoms with Gasteiger partial charge in [-0.2, -0.15) is 18.7 Å². The van der Waals surface area contributed by atoms with Crippen LogP contribution in [0.1, 0.15) is 5.56 Å². The first-order chi connectivity index (χ1) is 6.57. The second kappa shape index (κ2) is 10.2. The summed E-state index contributed by atoms with van der Waals surface area (Å²) < 4.78 is 0.